The van der Waals surface area contributed by atoms with Gasteiger partial charge in [0.1, 0.15) is 5.58 Å². The molecular weight excluding hydrogens is 310 g/mol. The maximum Gasteiger partial charge on any atom is 0.336 e. The number of hydrogen-bond donors (Lipinski definition) is 1. The van der Waals surface area contributed by atoms with E-state index in [2.05, 4.69) is 5.32 Å². The van der Waals surface area contributed by atoms with Crippen LogP contribution < -0.4 is 10.9 Å². The molecule has 1 aromatic carbocycles. The lowest BCUT2D eigenvalue weighted by Gasteiger charge is -2.10. The normalized spacial score (nSPS) is 10.9. The van der Waals surface area contributed by atoms with E-state index in [4.69, 9.17) is 4.42 Å². The zero-order valence-corrected chi connectivity index (χ0v) is 13.8. The molecule has 0 aliphatic carbocycles. The van der Waals surface area contributed by atoms with Crippen LogP contribution in [0.25, 0.3) is 11.0 Å². The summed E-state index contributed by atoms with van der Waals surface area (Å²) in [5, 5.41) is 5.73. The van der Waals surface area contributed by atoms with Crippen LogP contribution in [0.3, 0.4) is 0 Å². The summed E-state index contributed by atoms with van der Waals surface area (Å²) in [5.41, 5.74) is 3.03. The van der Waals surface area contributed by atoms with Crippen LogP contribution in [0, 0.1) is 13.8 Å². The number of nitrogens with one attached hydrogen (secondary N) is 1. The van der Waals surface area contributed by atoms with E-state index in [-0.39, 0.29) is 5.91 Å². The average molecular weight is 327 g/mol. The Balaban J connectivity index is 1.85. The second-order valence-electron chi connectivity index (χ2n) is 5.58. The molecule has 0 spiro atoms. The highest BCUT2D eigenvalue weighted by Crippen LogP contribution is 2.23. The molecule has 2 heterocycles. The number of thiophene rings is 1. The number of fused-ring (bicyclic) bond motifs is 1. The molecule has 0 unspecified atom stereocenters. The van der Waals surface area contributed by atoms with Crippen LogP contribution in [0.5, 0.6) is 0 Å². The number of amides is 1. The van der Waals surface area contributed by atoms with Gasteiger partial charge in [0.25, 0.3) is 0 Å². The van der Waals surface area contributed by atoms with Gasteiger partial charge in [0.15, 0.2) is 0 Å². The van der Waals surface area contributed by atoms with Gasteiger partial charge in [-0.15, -0.1) is 11.3 Å². The topological polar surface area (TPSA) is 59.3 Å². The molecule has 0 atom stereocenters. The fourth-order valence-electron chi connectivity index (χ4n) is 2.74. The first-order valence-corrected chi connectivity index (χ1v) is 8.24. The lowest BCUT2D eigenvalue weighted by molar-refractivity contribution is -0.120. The molecule has 0 aliphatic heterocycles. The Kier molecular flexibility index (Phi) is 4.30. The standard InChI is InChI=1S/C18H17NO3S/c1-11-6-12(2)18-13(8-17(21)22-15(18)7-11)10-19-16(20)9-14-4-3-5-23-14/h3-8H,9-10H2,1-2H3,(H,19,20). The third kappa shape index (κ3) is 3.51. The summed E-state index contributed by atoms with van der Waals surface area (Å²) in [4.78, 5) is 24.8. The Bertz CT molecular complexity index is 910. The lowest BCUT2D eigenvalue weighted by atomic mass is 10.0. The number of benzene rings is 1. The van der Waals surface area contributed by atoms with Crippen molar-refractivity contribution in [2.45, 2.75) is 26.8 Å². The molecule has 0 fully saturated rings. The van der Waals surface area contributed by atoms with Gasteiger partial charge < -0.3 is 9.73 Å². The van der Waals surface area contributed by atoms with Gasteiger partial charge in [0.05, 0.1) is 6.42 Å². The largest absolute Gasteiger partial charge is 0.423 e. The predicted molar refractivity (Wildman–Crippen MR) is 91.8 cm³/mol. The Labute approximate surface area is 137 Å². The molecule has 0 radical (unpaired) electrons. The van der Waals surface area contributed by atoms with Gasteiger partial charge in [-0.25, -0.2) is 4.79 Å². The number of carbonyl (C=O) groups excluding carboxylic acids is 1. The van der Waals surface area contributed by atoms with Crippen molar-refractivity contribution in [1.29, 1.82) is 0 Å². The van der Waals surface area contributed by atoms with E-state index in [1.807, 2.05) is 43.5 Å². The predicted octanol–water partition coefficient (Wildman–Crippen LogP) is 3.33. The molecule has 2 aromatic heterocycles. The van der Waals surface area contributed by atoms with E-state index in [9.17, 15) is 9.59 Å². The minimum atomic E-state index is -0.398. The summed E-state index contributed by atoms with van der Waals surface area (Å²) in [6.07, 6.45) is 0.356. The molecule has 0 aliphatic rings. The SMILES string of the molecule is Cc1cc(C)c2c(CNC(=O)Cc3cccs3)cc(=O)oc2c1. The molecule has 4 nitrogen and oxygen atoms in total. The maximum atomic E-state index is 12.0. The Morgan fingerprint density at radius 3 is 2.83 bits per heavy atom. The Morgan fingerprint density at radius 1 is 1.26 bits per heavy atom. The van der Waals surface area contributed by atoms with E-state index in [0.717, 1.165) is 27.0 Å². The molecule has 0 bridgehead atoms. The van der Waals surface area contributed by atoms with Crippen LogP contribution in [0.1, 0.15) is 21.6 Å². The zero-order valence-electron chi connectivity index (χ0n) is 13.0. The second kappa shape index (κ2) is 6.38. The minimum absolute atomic E-state index is 0.0568. The smallest absolute Gasteiger partial charge is 0.336 e. The molecule has 3 rings (SSSR count). The third-order valence-electron chi connectivity index (χ3n) is 3.66. The van der Waals surface area contributed by atoms with E-state index in [1.54, 1.807) is 11.3 Å². The number of carbonyl (C=O) groups is 1. The molecule has 118 valence electrons. The summed E-state index contributed by atoms with van der Waals surface area (Å²) in [7, 11) is 0. The zero-order chi connectivity index (χ0) is 16.4. The first-order chi connectivity index (χ1) is 11.0. The van der Waals surface area contributed by atoms with E-state index < -0.39 is 5.63 Å². The summed E-state index contributed by atoms with van der Waals surface area (Å²) in [5.74, 6) is -0.0568. The van der Waals surface area contributed by atoms with Crippen LogP contribution in [0.15, 0.2) is 44.9 Å². The van der Waals surface area contributed by atoms with Crippen LogP contribution in [-0.2, 0) is 17.8 Å². The van der Waals surface area contributed by atoms with Gasteiger partial charge in [-0.1, -0.05) is 12.1 Å². The average Bonchev–Trinajstić information content (AvgIpc) is 2.96. The highest BCUT2D eigenvalue weighted by molar-refractivity contribution is 7.10. The third-order valence-corrected chi connectivity index (χ3v) is 4.53. The van der Waals surface area contributed by atoms with Crippen molar-refractivity contribution >= 4 is 28.2 Å². The Morgan fingerprint density at radius 2 is 2.09 bits per heavy atom. The number of rotatable bonds is 4. The minimum Gasteiger partial charge on any atom is -0.423 e. The highest BCUT2D eigenvalue weighted by Gasteiger charge is 2.11. The number of hydrogen-bond acceptors (Lipinski definition) is 4. The molecule has 1 amide bonds. The van der Waals surface area contributed by atoms with Gasteiger partial charge in [0.2, 0.25) is 5.91 Å². The lowest BCUT2D eigenvalue weighted by Crippen LogP contribution is -2.25. The monoisotopic (exact) mass is 327 g/mol. The fourth-order valence-corrected chi connectivity index (χ4v) is 3.44. The summed E-state index contributed by atoms with van der Waals surface area (Å²) < 4.78 is 5.29. The maximum absolute atomic E-state index is 12.0. The molecule has 1 N–H and O–H groups in total. The summed E-state index contributed by atoms with van der Waals surface area (Å²) in [6.45, 7) is 4.25. The first kappa shape index (κ1) is 15.5. The van der Waals surface area contributed by atoms with Crippen molar-refractivity contribution in [2.24, 2.45) is 0 Å². The van der Waals surface area contributed by atoms with Gasteiger partial charge in [-0.2, -0.15) is 0 Å². The van der Waals surface area contributed by atoms with Gasteiger partial charge in [0, 0.05) is 22.9 Å². The first-order valence-electron chi connectivity index (χ1n) is 7.36. The van der Waals surface area contributed by atoms with Crippen molar-refractivity contribution in [2.75, 3.05) is 0 Å². The highest BCUT2D eigenvalue weighted by atomic mass is 32.1. The van der Waals surface area contributed by atoms with E-state index in [0.29, 0.717) is 18.5 Å². The molecular formula is C18H17NO3S. The second-order valence-corrected chi connectivity index (χ2v) is 6.61. The van der Waals surface area contributed by atoms with Crippen LogP contribution in [0.4, 0.5) is 0 Å². The molecule has 5 heteroatoms. The number of aryl methyl sites for hydroxylation is 2. The molecule has 3 aromatic rings. The van der Waals surface area contributed by atoms with Crippen LogP contribution >= 0.6 is 11.3 Å². The van der Waals surface area contributed by atoms with E-state index in [1.165, 1.54) is 6.07 Å². The van der Waals surface area contributed by atoms with Crippen LogP contribution in [0.2, 0.25) is 0 Å². The van der Waals surface area contributed by atoms with Crippen molar-refractivity contribution in [3.63, 3.8) is 0 Å². The summed E-state index contributed by atoms with van der Waals surface area (Å²) in [6, 6.07) is 9.20. The van der Waals surface area contributed by atoms with E-state index >= 15 is 0 Å². The molecule has 23 heavy (non-hydrogen) atoms. The van der Waals surface area contributed by atoms with Gasteiger partial charge >= 0.3 is 5.63 Å². The van der Waals surface area contributed by atoms with Crippen molar-refractivity contribution < 1.29 is 9.21 Å². The summed E-state index contributed by atoms with van der Waals surface area (Å²) >= 11 is 1.56. The fraction of sp³-hybridized carbons (Fsp3) is 0.222. The van der Waals surface area contributed by atoms with Crippen LogP contribution in [-0.4, -0.2) is 5.91 Å². The molecule has 0 saturated carbocycles. The van der Waals surface area contributed by atoms with Crippen molar-refractivity contribution in [3.05, 3.63) is 67.7 Å². The van der Waals surface area contributed by atoms with Gasteiger partial charge in [-0.3, -0.25) is 4.79 Å². The Hall–Kier alpha value is -2.40. The van der Waals surface area contributed by atoms with Crippen molar-refractivity contribution in [1.82, 2.24) is 5.32 Å². The molecule has 0 saturated heterocycles. The van der Waals surface area contributed by atoms with Gasteiger partial charge in [-0.05, 0) is 48.1 Å². The quantitative estimate of drug-likeness (QED) is 0.748. The van der Waals surface area contributed by atoms with Crippen molar-refractivity contribution in [3.8, 4) is 0 Å².